The maximum Gasteiger partial charge on any atom is 0.137 e. The molecule has 2 aromatic carbocycles. The summed E-state index contributed by atoms with van der Waals surface area (Å²) in [6.45, 7) is 0. The number of ether oxygens (including phenoxy) is 1. The number of methoxy groups -OCH3 is 1. The molecule has 0 amide bonds. The molecular weight excluding hydrogens is 274 g/mol. The molecule has 0 aliphatic carbocycles. The number of hydrogen-bond acceptors (Lipinski definition) is 2. The standard InChI is InChI=1S/C17H16F2O2/c1-21-17-6-3-12(4-7-17)2-5-16(20)10-13-8-14(18)11-15(19)9-13/h3-4,6-9,11H,2,5,10H2,1H3. The van der Waals surface area contributed by atoms with Crippen LogP contribution in [0.5, 0.6) is 5.75 Å². The lowest BCUT2D eigenvalue weighted by atomic mass is 10.0. The Balaban J connectivity index is 1.89. The molecule has 0 N–H and O–H groups in total. The van der Waals surface area contributed by atoms with Gasteiger partial charge in [0, 0.05) is 18.9 Å². The van der Waals surface area contributed by atoms with Crippen molar-refractivity contribution in [3.8, 4) is 5.75 Å². The molecule has 0 fully saturated rings. The fourth-order valence-corrected chi connectivity index (χ4v) is 2.11. The van der Waals surface area contributed by atoms with Crippen LogP contribution in [0.25, 0.3) is 0 Å². The van der Waals surface area contributed by atoms with Crippen molar-refractivity contribution in [3.63, 3.8) is 0 Å². The minimum absolute atomic E-state index is 0.0455. The number of carbonyl (C=O) groups is 1. The first-order valence-corrected chi connectivity index (χ1v) is 6.66. The fourth-order valence-electron chi connectivity index (χ4n) is 2.11. The van der Waals surface area contributed by atoms with Crippen molar-refractivity contribution in [2.24, 2.45) is 0 Å². The molecular formula is C17H16F2O2. The summed E-state index contributed by atoms with van der Waals surface area (Å²) in [5.41, 5.74) is 1.39. The number of halogens is 2. The third-order valence-corrected chi connectivity index (χ3v) is 3.18. The van der Waals surface area contributed by atoms with Gasteiger partial charge in [-0.15, -0.1) is 0 Å². The molecule has 0 aliphatic rings. The highest BCUT2D eigenvalue weighted by Gasteiger charge is 2.07. The van der Waals surface area contributed by atoms with E-state index in [1.165, 1.54) is 12.1 Å². The molecule has 110 valence electrons. The van der Waals surface area contributed by atoms with E-state index in [0.717, 1.165) is 17.4 Å². The first-order chi connectivity index (χ1) is 10.1. The van der Waals surface area contributed by atoms with Gasteiger partial charge in [0.1, 0.15) is 23.2 Å². The maximum absolute atomic E-state index is 13.0. The van der Waals surface area contributed by atoms with Crippen LogP contribution in [0.2, 0.25) is 0 Å². The highest BCUT2D eigenvalue weighted by atomic mass is 19.1. The van der Waals surface area contributed by atoms with E-state index >= 15 is 0 Å². The highest BCUT2D eigenvalue weighted by molar-refractivity contribution is 5.81. The minimum atomic E-state index is -0.659. The largest absolute Gasteiger partial charge is 0.497 e. The first-order valence-electron chi connectivity index (χ1n) is 6.66. The number of rotatable bonds is 6. The molecule has 0 aromatic heterocycles. The molecule has 4 heteroatoms. The molecule has 2 aromatic rings. The number of hydrogen-bond donors (Lipinski definition) is 0. The summed E-state index contributed by atoms with van der Waals surface area (Å²) >= 11 is 0. The molecule has 2 nitrogen and oxygen atoms in total. The maximum atomic E-state index is 13.0. The molecule has 0 unspecified atom stereocenters. The Labute approximate surface area is 122 Å². The van der Waals surface area contributed by atoms with Gasteiger partial charge in [-0.1, -0.05) is 12.1 Å². The number of carbonyl (C=O) groups excluding carboxylic acids is 1. The molecule has 0 atom stereocenters. The normalized spacial score (nSPS) is 10.4. The van der Waals surface area contributed by atoms with Crippen LogP contribution in [0.15, 0.2) is 42.5 Å². The van der Waals surface area contributed by atoms with Crippen LogP contribution in [0.3, 0.4) is 0 Å². The predicted molar refractivity (Wildman–Crippen MR) is 76.4 cm³/mol. The molecule has 0 aliphatic heterocycles. The Hall–Kier alpha value is -2.23. The van der Waals surface area contributed by atoms with Crippen LogP contribution in [0.1, 0.15) is 17.5 Å². The van der Waals surface area contributed by atoms with E-state index in [9.17, 15) is 13.6 Å². The van der Waals surface area contributed by atoms with Crippen molar-refractivity contribution in [1.82, 2.24) is 0 Å². The Morgan fingerprint density at radius 1 is 1.00 bits per heavy atom. The van der Waals surface area contributed by atoms with E-state index in [1.54, 1.807) is 7.11 Å². The summed E-state index contributed by atoms with van der Waals surface area (Å²) in [4.78, 5) is 11.9. The summed E-state index contributed by atoms with van der Waals surface area (Å²) in [5, 5.41) is 0. The van der Waals surface area contributed by atoms with E-state index in [4.69, 9.17) is 4.74 Å². The second-order valence-corrected chi connectivity index (χ2v) is 4.84. The lowest BCUT2D eigenvalue weighted by molar-refractivity contribution is -0.118. The smallest absolute Gasteiger partial charge is 0.137 e. The van der Waals surface area contributed by atoms with Gasteiger partial charge >= 0.3 is 0 Å². The second kappa shape index (κ2) is 6.97. The lowest BCUT2D eigenvalue weighted by Gasteiger charge is -2.04. The molecule has 0 bridgehead atoms. The average Bonchev–Trinajstić information content (AvgIpc) is 2.44. The highest BCUT2D eigenvalue weighted by Crippen LogP contribution is 2.14. The molecule has 0 saturated heterocycles. The SMILES string of the molecule is COc1ccc(CCC(=O)Cc2cc(F)cc(F)c2)cc1. The molecule has 0 spiro atoms. The molecule has 0 heterocycles. The topological polar surface area (TPSA) is 26.3 Å². The Bertz CT molecular complexity index is 601. The van der Waals surface area contributed by atoms with Crippen molar-refractivity contribution < 1.29 is 18.3 Å². The third-order valence-electron chi connectivity index (χ3n) is 3.18. The van der Waals surface area contributed by atoms with Crippen molar-refractivity contribution in [2.45, 2.75) is 19.3 Å². The molecule has 0 radical (unpaired) electrons. The fraction of sp³-hybridized carbons (Fsp3) is 0.235. The summed E-state index contributed by atoms with van der Waals surface area (Å²) in [6.07, 6.45) is 0.982. The van der Waals surface area contributed by atoms with Gasteiger partial charge < -0.3 is 4.74 Å². The van der Waals surface area contributed by atoms with Crippen LogP contribution in [-0.4, -0.2) is 12.9 Å². The zero-order chi connectivity index (χ0) is 15.2. The predicted octanol–water partition coefficient (Wildman–Crippen LogP) is 3.72. The van der Waals surface area contributed by atoms with Crippen LogP contribution >= 0.6 is 0 Å². The summed E-state index contributed by atoms with van der Waals surface area (Å²) in [6, 6.07) is 10.6. The van der Waals surface area contributed by atoms with Crippen LogP contribution in [0, 0.1) is 11.6 Å². The zero-order valence-electron chi connectivity index (χ0n) is 11.7. The number of Topliss-reactive ketones (excluding diaryl/α,β-unsaturated/α-hetero) is 1. The number of aryl methyl sites for hydroxylation is 1. The van der Waals surface area contributed by atoms with Crippen molar-refractivity contribution in [1.29, 1.82) is 0 Å². The molecule has 0 saturated carbocycles. The quantitative estimate of drug-likeness (QED) is 0.810. The van der Waals surface area contributed by atoms with Gasteiger partial charge in [-0.3, -0.25) is 4.79 Å². The molecule has 21 heavy (non-hydrogen) atoms. The summed E-state index contributed by atoms with van der Waals surface area (Å²) in [5.74, 6) is -0.600. The van der Waals surface area contributed by atoms with Gasteiger partial charge in [0.15, 0.2) is 0 Å². The van der Waals surface area contributed by atoms with Crippen LogP contribution in [-0.2, 0) is 17.6 Å². The minimum Gasteiger partial charge on any atom is -0.497 e. The van der Waals surface area contributed by atoms with Gasteiger partial charge in [-0.05, 0) is 41.8 Å². The van der Waals surface area contributed by atoms with Gasteiger partial charge in [0.2, 0.25) is 0 Å². The van der Waals surface area contributed by atoms with E-state index < -0.39 is 11.6 Å². The Morgan fingerprint density at radius 2 is 1.62 bits per heavy atom. The number of benzene rings is 2. The van der Waals surface area contributed by atoms with E-state index in [-0.39, 0.29) is 12.2 Å². The first kappa shape index (κ1) is 15.2. The molecule has 2 rings (SSSR count). The number of ketones is 1. The Morgan fingerprint density at radius 3 is 2.19 bits per heavy atom. The summed E-state index contributed by atoms with van der Waals surface area (Å²) < 4.78 is 31.1. The van der Waals surface area contributed by atoms with Crippen molar-refractivity contribution in [2.75, 3.05) is 7.11 Å². The van der Waals surface area contributed by atoms with Crippen molar-refractivity contribution >= 4 is 5.78 Å². The zero-order valence-corrected chi connectivity index (χ0v) is 11.7. The van der Waals surface area contributed by atoms with Gasteiger partial charge in [0.05, 0.1) is 7.11 Å². The van der Waals surface area contributed by atoms with Crippen LogP contribution < -0.4 is 4.74 Å². The average molecular weight is 290 g/mol. The van der Waals surface area contributed by atoms with Crippen LogP contribution in [0.4, 0.5) is 8.78 Å². The van der Waals surface area contributed by atoms with Gasteiger partial charge in [-0.2, -0.15) is 0 Å². The lowest BCUT2D eigenvalue weighted by Crippen LogP contribution is -2.05. The van der Waals surface area contributed by atoms with E-state index in [1.807, 2.05) is 24.3 Å². The van der Waals surface area contributed by atoms with E-state index in [0.29, 0.717) is 18.4 Å². The third kappa shape index (κ3) is 4.67. The van der Waals surface area contributed by atoms with Gasteiger partial charge in [-0.25, -0.2) is 8.78 Å². The van der Waals surface area contributed by atoms with Gasteiger partial charge in [0.25, 0.3) is 0 Å². The second-order valence-electron chi connectivity index (χ2n) is 4.84. The van der Waals surface area contributed by atoms with E-state index in [2.05, 4.69) is 0 Å². The van der Waals surface area contributed by atoms with Crippen molar-refractivity contribution in [3.05, 3.63) is 65.2 Å². The summed E-state index contributed by atoms with van der Waals surface area (Å²) in [7, 11) is 1.59. The Kier molecular flexibility index (Phi) is 5.04. The monoisotopic (exact) mass is 290 g/mol.